The molecule has 0 aromatic carbocycles. The van der Waals surface area contributed by atoms with E-state index in [4.69, 9.17) is 0 Å². The normalized spacial score (nSPS) is 32.3. The summed E-state index contributed by atoms with van der Waals surface area (Å²) >= 11 is 0. The van der Waals surface area contributed by atoms with E-state index in [1.165, 1.54) is 32.1 Å². The number of amides is 2. The molecular formula is C20H26N4O2. The number of aromatic nitrogens is 1. The third kappa shape index (κ3) is 3.64. The lowest BCUT2D eigenvalue weighted by atomic mass is 9.54. The highest BCUT2D eigenvalue weighted by molar-refractivity contribution is 6.01. The second kappa shape index (κ2) is 7.17. The molecule has 0 atom stereocenters. The fourth-order valence-electron chi connectivity index (χ4n) is 5.38. The summed E-state index contributed by atoms with van der Waals surface area (Å²) in [5.41, 5.74) is 3.60. The number of hydrazone groups is 1. The van der Waals surface area contributed by atoms with Crippen LogP contribution in [0.5, 0.6) is 0 Å². The van der Waals surface area contributed by atoms with Crippen LogP contribution in [-0.4, -0.2) is 28.6 Å². The monoisotopic (exact) mass is 354 g/mol. The molecule has 0 spiro atoms. The number of hydrogen-bond acceptors (Lipinski definition) is 4. The largest absolute Gasteiger partial charge is 0.352 e. The van der Waals surface area contributed by atoms with E-state index in [1.807, 2.05) is 0 Å². The van der Waals surface area contributed by atoms with Crippen LogP contribution in [0, 0.1) is 23.7 Å². The van der Waals surface area contributed by atoms with Gasteiger partial charge in [0.15, 0.2) is 0 Å². The molecule has 2 N–H and O–H groups in total. The molecule has 0 radical (unpaired) electrons. The Labute approximate surface area is 153 Å². The number of carbonyl (C=O) groups excluding carboxylic acids is 2. The van der Waals surface area contributed by atoms with Crippen molar-refractivity contribution in [3.63, 3.8) is 0 Å². The van der Waals surface area contributed by atoms with Crippen LogP contribution in [0.4, 0.5) is 0 Å². The first kappa shape index (κ1) is 17.2. The van der Waals surface area contributed by atoms with Crippen molar-refractivity contribution in [1.82, 2.24) is 15.7 Å². The molecule has 4 saturated carbocycles. The van der Waals surface area contributed by atoms with E-state index in [-0.39, 0.29) is 18.2 Å². The van der Waals surface area contributed by atoms with Crippen molar-refractivity contribution in [2.24, 2.45) is 28.8 Å². The zero-order valence-corrected chi connectivity index (χ0v) is 15.1. The first-order valence-electron chi connectivity index (χ1n) is 9.61. The van der Waals surface area contributed by atoms with Gasteiger partial charge in [-0.05, 0) is 74.8 Å². The number of nitrogens with zero attached hydrogens (tertiary/aromatic N) is 2. The predicted molar refractivity (Wildman–Crippen MR) is 98.4 cm³/mol. The molecule has 138 valence electrons. The first-order chi connectivity index (χ1) is 12.6. The van der Waals surface area contributed by atoms with E-state index in [9.17, 15) is 9.59 Å². The number of carbonyl (C=O) groups is 2. The van der Waals surface area contributed by atoms with Crippen LogP contribution in [0.1, 0.15) is 55.8 Å². The van der Waals surface area contributed by atoms with Crippen molar-refractivity contribution in [2.45, 2.75) is 51.5 Å². The molecule has 1 aromatic heterocycles. The molecule has 1 heterocycles. The zero-order valence-electron chi connectivity index (χ0n) is 15.1. The van der Waals surface area contributed by atoms with Crippen LogP contribution < -0.4 is 10.7 Å². The minimum Gasteiger partial charge on any atom is -0.352 e. The van der Waals surface area contributed by atoms with Gasteiger partial charge in [-0.2, -0.15) is 5.10 Å². The average molecular weight is 354 g/mol. The maximum Gasteiger partial charge on any atom is 0.271 e. The second-order valence-electron chi connectivity index (χ2n) is 8.22. The molecule has 2 amide bonds. The second-order valence-corrected chi connectivity index (χ2v) is 8.22. The highest BCUT2D eigenvalue weighted by Gasteiger charge is 2.48. The standard InChI is InChI=1S/C20H26N4O2/c1-12(23-24-20(26)15-2-4-21-5-3-15)6-18(25)22-19-16-8-13-7-14(10-16)11-17(19)9-13/h2-5,13-14,16-17,19H,6-11H2,1H3,(H,22,25)(H,24,26)/b23-12+. The Kier molecular flexibility index (Phi) is 4.74. The van der Waals surface area contributed by atoms with Crippen LogP contribution >= 0.6 is 0 Å². The number of hydrogen-bond donors (Lipinski definition) is 2. The summed E-state index contributed by atoms with van der Waals surface area (Å²) in [6, 6.07) is 3.59. The molecule has 4 bridgehead atoms. The molecule has 6 nitrogen and oxygen atoms in total. The number of rotatable bonds is 5. The Morgan fingerprint density at radius 2 is 1.69 bits per heavy atom. The summed E-state index contributed by atoms with van der Waals surface area (Å²) in [5.74, 6) is 2.85. The van der Waals surface area contributed by atoms with Gasteiger partial charge >= 0.3 is 0 Å². The van der Waals surface area contributed by atoms with Crippen LogP contribution in [-0.2, 0) is 4.79 Å². The first-order valence-corrected chi connectivity index (χ1v) is 9.61. The van der Waals surface area contributed by atoms with Gasteiger partial charge in [0.2, 0.25) is 5.91 Å². The minimum atomic E-state index is -0.298. The smallest absolute Gasteiger partial charge is 0.271 e. The fraction of sp³-hybridized carbons (Fsp3) is 0.600. The van der Waals surface area contributed by atoms with Gasteiger partial charge in [0.1, 0.15) is 0 Å². The van der Waals surface area contributed by atoms with Crippen molar-refractivity contribution in [3.05, 3.63) is 30.1 Å². The van der Waals surface area contributed by atoms with E-state index in [0.717, 1.165) is 11.8 Å². The van der Waals surface area contributed by atoms with Gasteiger partial charge in [-0.25, -0.2) is 5.43 Å². The molecule has 1 aromatic rings. The Morgan fingerprint density at radius 3 is 2.31 bits per heavy atom. The van der Waals surface area contributed by atoms with Crippen molar-refractivity contribution < 1.29 is 9.59 Å². The van der Waals surface area contributed by atoms with E-state index in [0.29, 0.717) is 29.2 Å². The van der Waals surface area contributed by atoms with Crippen molar-refractivity contribution in [1.29, 1.82) is 0 Å². The average Bonchev–Trinajstić information content (AvgIpc) is 2.63. The molecule has 4 aliphatic rings. The molecular weight excluding hydrogens is 328 g/mol. The lowest BCUT2D eigenvalue weighted by molar-refractivity contribution is -0.123. The molecule has 6 heteroatoms. The van der Waals surface area contributed by atoms with Crippen LogP contribution in [0.15, 0.2) is 29.6 Å². The molecule has 4 aliphatic carbocycles. The third-order valence-electron chi connectivity index (χ3n) is 6.26. The Morgan fingerprint density at radius 1 is 1.08 bits per heavy atom. The zero-order chi connectivity index (χ0) is 18.1. The van der Waals surface area contributed by atoms with Crippen LogP contribution in [0.25, 0.3) is 0 Å². The number of nitrogens with one attached hydrogen (secondary N) is 2. The lowest BCUT2D eigenvalue weighted by Crippen LogP contribution is -2.56. The van der Waals surface area contributed by atoms with Gasteiger partial charge in [-0.3, -0.25) is 14.6 Å². The third-order valence-corrected chi connectivity index (χ3v) is 6.26. The molecule has 26 heavy (non-hydrogen) atoms. The highest BCUT2D eigenvalue weighted by atomic mass is 16.2. The van der Waals surface area contributed by atoms with Gasteiger partial charge in [0, 0.05) is 29.7 Å². The summed E-state index contributed by atoms with van der Waals surface area (Å²) in [4.78, 5) is 28.3. The lowest BCUT2D eigenvalue weighted by Gasteiger charge is -2.54. The van der Waals surface area contributed by atoms with Crippen LogP contribution in [0.3, 0.4) is 0 Å². The van der Waals surface area contributed by atoms with Crippen molar-refractivity contribution in [3.8, 4) is 0 Å². The SMILES string of the molecule is C/C(CC(=O)NC1C2CC3CC(C2)CC1C3)=N\NC(=O)c1ccncc1. The minimum absolute atomic E-state index is 0.0156. The van der Waals surface area contributed by atoms with E-state index < -0.39 is 0 Å². The van der Waals surface area contributed by atoms with Gasteiger partial charge in [0.25, 0.3) is 5.91 Å². The highest BCUT2D eigenvalue weighted by Crippen LogP contribution is 2.53. The van der Waals surface area contributed by atoms with E-state index in [2.05, 4.69) is 20.8 Å². The Hall–Kier alpha value is -2.24. The van der Waals surface area contributed by atoms with Gasteiger partial charge < -0.3 is 5.32 Å². The predicted octanol–water partition coefficient (Wildman–Crippen LogP) is 2.52. The van der Waals surface area contributed by atoms with E-state index >= 15 is 0 Å². The summed E-state index contributed by atoms with van der Waals surface area (Å²) in [6.45, 7) is 1.77. The summed E-state index contributed by atoms with van der Waals surface area (Å²) in [7, 11) is 0. The van der Waals surface area contributed by atoms with Crippen LogP contribution in [0.2, 0.25) is 0 Å². The molecule has 0 saturated heterocycles. The summed E-state index contributed by atoms with van der Waals surface area (Å²) in [6.07, 6.45) is 9.89. The Balaban J connectivity index is 1.28. The van der Waals surface area contributed by atoms with E-state index in [1.54, 1.807) is 31.5 Å². The van der Waals surface area contributed by atoms with Gasteiger partial charge in [-0.1, -0.05) is 0 Å². The maximum atomic E-state index is 12.4. The molecule has 0 unspecified atom stereocenters. The molecule has 4 fully saturated rings. The number of pyridine rings is 1. The molecule has 5 rings (SSSR count). The topological polar surface area (TPSA) is 83.5 Å². The van der Waals surface area contributed by atoms with Gasteiger partial charge in [0.05, 0.1) is 6.42 Å². The maximum absolute atomic E-state index is 12.4. The molecule has 0 aliphatic heterocycles. The Bertz CT molecular complexity index is 688. The van der Waals surface area contributed by atoms with Crippen molar-refractivity contribution in [2.75, 3.05) is 0 Å². The summed E-state index contributed by atoms with van der Waals surface area (Å²) < 4.78 is 0. The quantitative estimate of drug-likeness (QED) is 0.629. The summed E-state index contributed by atoms with van der Waals surface area (Å²) in [5, 5.41) is 7.33. The van der Waals surface area contributed by atoms with Gasteiger partial charge in [-0.15, -0.1) is 0 Å². The van der Waals surface area contributed by atoms with Crippen molar-refractivity contribution >= 4 is 17.5 Å². The fourth-order valence-corrected chi connectivity index (χ4v) is 5.38.